The van der Waals surface area contributed by atoms with Crippen LogP contribution >= 0.6 is 0 Å². The van der Waals surface area contributed by atoms with Crippen LogP contribution in [0.5, 0.6) is 0 Å². The molecule has 8 heteroatoms. The van der Waals surface area contributed by atoms with Crippen molar-refractivity contribution >= 4 is 23.1 Å². The number of carbonyl (C=O) groups excluding carboxylic acids is 1. The van der Waals surface area contributed by atoms with Crippen molar-refractivity contribution in [2.75, 3.05) is 10.6 Å². The molecule has 126 valence electrons. The van der Waals surface area contributed by atoms with Crippen molar-refractivity contribution in [3.05, 3.63) is 65.9 Å². The maximum Gasteiger partial charge on any atom is 0.277 e. The van der Waals surface area contributed by atoms with Crippen LogP contribution in [0.3, 0.4) is 0 Å². The average Bonchev–Trinajstić information content (AvgIpc) is 2.60. The molecule has 0 saturated heterocycles. The van der Waals surface area contributed by atoms with E-state index in [2.05, 4.69) is 30.6 Å². The van der Waals surface area contributed by atoms with E-state index in [1.54, 1.807) is 31.5 Å². The fraction of sp³-hybridized carbons (Fsp3) is 0.118. The van der Waals surface area contributed by atoms with Crippen molar-refractivity contribution in [2.24, 2.45) is 0 Å². The normalized spacial score (nSPS) is 10.4. The van der Waals surface area contributed by atoms with Gasteiger partial charge in [-0.15, -0.1) is 0 Å². The molecule has 0 bridgehead atoms. The van der Waals surface area contributed by atoms with E-state index in [-0.39, 0.29) is 17.2 Å². The van der Waals surface area contributed by atoms with Gasteiger partial charge in [-0.3, -0.25) is 4.79 Å². The first-order chi connectivity index (χ1) is 12.0. The highest BCUT2D eigenvalue weighted by Crippen LogP contribution is 2.20. The monoisotopic (exact) mass is 338 g/mol. The lowest BCUT2D eigenvalue weighted by molar-refractivity contribution is 0.102. The second-order valence-corrected chi connectivity index (χ2v) is 5.32. The van der Waals surface area contributed by atoms with Gasteiger partial charge >= 0.3 is 0 Å². The third kappa shape index (κ3) is 3.92. The summed E-state index contributed by atoms with van der Waals surface area (Å²) >= 11 is 0. The minimum Gasteiger partial charge on any atom is -0.351 e. The molecule has 0 aromatic carbocycles. The number of hydrogen-bond acceptors (Lipinski definition) is 6. The minimum atomic E-state index is -0.457. The standard InChI is InChI=1S/C17H15FN6O/c1-10-3-5-14(23-12-7-19-9-20-8-12)16(21-10)17(25)24-15-6-4-13(18)11(2)22-15/h3-9,23H,1-2H3,(H,22,24,25). The highest BCUT2D eigenvalue weighted by molar-refractivity contribution is 6.06. The summed E-state index contributed by atoms with van der Waals surface area (Å²) in [6.45, 7) is 3.31. The Morgan fingerprint density at radius 3 is 2.52 bits per heavy atom. The van der Waals surface area contributed by atoms with Gasteiger partial charge in [0.1, 0.15) is 18.0 Å². The predicted octanol–water partition coefficient (Wildman–Crippen LogP) is 3.02. The number of carbonyl (C=O) groups is 1. The van der Waals surface area contributed by atoms with Crippen LogP contribution in [0.15, 0.2) is 43.0 Å². The van der Waals surface area contributed by atoms with Crippen LogP contribution in [0, 0.1) is 19.7 Å². The van der Waals surface area contributed by atoms with E-state index in [9.17, 15) is 9.18 Å². The van der Waals surface area contributed by atoms with Crippen LogP contribution < -0.4 is 10.6 Å². The van der Waals surface area contributed by atoms with E-state index in [1.807, 2.05) is 0 Å². The SMILES string of the molecule is Cc1ccc(Nc2cncnc2)c(C(=O)Nc2ccc(F)c(C)n2)n1. The van der Waals surface area contributed by atoms with E-state index >= 15 is 0 Å². The van der Waals surface area contributed by atoms with Crippen molar-refractivity contribution < 1.29 is 9.18 Å². The van der Waals surface area contributed by atoms with Gasteiger partial charge < -0.3 is 10.6 Å². The summed E-state index contributed by atoms with van der Waals surface area (Å²) in [4.78, 5) is 28.7. The van der Waals surface area contributed by atoms with Gasteiger partial charge in [-0.25, -0.2) is 24.3 Å². The summed E-state index contributed by atoms with van der Waals surface area (Å²) in [5.74, 6) is -0.638. The fourth-order valence-corrected chi connectivity index (χ4v) is 2.14. The quantitative estimate of drug-likeness (QED) is 0.759. The van der Waals surface area contributed by atoms with Crippen molar-refractivity contribution in [2.45, 2.75) is 13.8 Å². The molecule has 0 radical (unpaired) electrons. The van der Waals surface area contributed by atoms with Gasteiger partial charge in [0.05, 0.1) is 29.5 Å². The highest BCUT2D eigenvalue weighted by atomic mass is 19.1. The Morgan fingerprint density at radius 1 is 1.04 bits per heavy atom. The first-order valence-electron chi connectivity index (χ1n) is 7.47. The molecule has 0 atom stereocenters. The van der Waals surface area contributed by atoms with Gasteiger partial charge in [0.2, 0.25) is 0 Å². The number of amides is 1. The number of halogens is 1. The van der Waals surface area contributed by atoms with E-state index in [0.29, 0.717) is 17.1 Å². The molecule has 0 aliphatic heterocycles. The number of nitrogens with one attached hydrogen (secondary N) is 2. The number of aryl methyl sites for hydroxylation is 2. The van der Waals surface area contributed by atoms with E-state index < -0.39 is 11.7 Å². The van der Waals surface area contributed by atoms with Gasteiger partial charge in [0.25, 0.3) is 5.91 Å². The predicted molar refractivity (Wildman–Crippen MR) is 91.2 cm³/mol. The Bertz CT molecular complexity index is 916. The molecule has 1 amide bonds. The Kier molecular flexibility index (Phi) is 4.60. The lowest BCUT2D eigenvalue weighted by Crippen LogP contribution is -2.17. The van der Waals surface area contributed by atoms with Gasteiger partial charge in [-0.1, -0.05) is 0 Å². The van der Waals surface area contributed by atoms with Crippen LogP contribution in [0.1, 0.15) is 21.9 Å². The summed E-state index contributed by atoms with van der Waals surface area (Å²) in [5, 5.41) is 5.69. The minimum absolute atomic E-state index is 0.188. The fourth-order valence-electron chi connectivity index (χ4n) is 2.14. The Morgan fingerprint density at radius 2 is 1.80 bits per heavy atom. The van der Waals surface area contributed by atoms with Gasteiger partial charge in [0.15, 0.2) is 5.69 Å². The third-order valence-electron chi connectivity index (χ3n) is 3.35. The molecule has 0 spiro atoms. The molecule has 3 aromatic rings. The molecule has 0 aliphatic rings. The lowest BCUT2D eigenvalue weighted by Gasteiger charge is -2.12. The van der Waals surface area contributed by atoms with Gasteiger partial charge in [-0.05, 0) is 38.1 Å². The topological polar surface area (TPSA) is 92.7 Å². The number of hydrogen-bond donors (Lipinski definition) is 2. The molecule has 3 rings (SSSR count). The van der Waals surface area contributed by atoms with Crippen LogP contribution in [0.4, 0.5) is 21.6 Å². The highest BCUT2D eigenvalue weighted by Gasteiger charge is 2.15. The number of nitrogens with zero attached hydrogens (tertiary/aromatic N) is 4. The summed E-state index contributed by atoms with van der Waals surface area (Å²) in [7, 11) is 0. The van der Waals surface area contributed by atoms with Crippen molar-refractivity contribution in [3.8, 4) is 0 Å². The Labute approximate surface area is 143 Å². The third-order valence-corrected chi connectivity index (χ3v) is 3.35. The maximum atomic E-state index is 13.3. The lowest BCUT2D eigenvalue weighted by atomic mass is 10.2. The molecule has 3 aromatic heterocycles. The van der Waals surface area contributed by atoms with Crippen LogP contribution in [-0.4, -0.2) is 25.8 Å². The molecule has 25 heavy (non-hydrogen) atoms. The Balaban J connectivity index is 1.88. The molecule has 3 heterocycles. The number of aromatic nitrogens is 4. The summed E-state index contributed by atoms with van der Waals surface area (Å²) in [6, 6.07) is 6.17. The largest absolute Gasteiger partial charge is 0.351 e. The molecule has 0 aliphatic carbocycles. The van der Waals surface area contributed by atoms with Crippen molar-refractivity contribution in [3.63, 3.8) is 0 Å². The van der Waals surface area contributed by atoms with Crippen LogP contribution in [-0.2, 0) is 0 Å². The number of anilines is 3. The zero-order chi connectivity index (χ0) is 17.8. The molecular weight excluding hydrogens is 323 g/mol. The average molecular weight is 338 g/mol. The maximum absolute atomic E-state index is 13.3. The van der Waals surface area contributed by atoms with Crippen molar-refractivity contribution in [1.82, 2.24) is 19.9 Å². The Hall–Kier alpha value is -3.42. The molecule has 0 fully saturated rings. The van der Waals surface area contributed by atoms with E-state index in [1.165, 1.54) is 25.4 Å². The number of pyridine rings is 2. The van der Waals surface area contributed by atoms with E-state index in [0.717, 1.165) is 0 Å². The second-order valence-electron chi connectivity index (χ2n) is 5.32. The molecule has 7 nitrogen and oxygen atoms in total. The molecule has 0 saturated carbocycles. The molecule has 2 N–H and O–H groups in total. The first kappa shape index (κ1) is 16.4. The smallest absolute Gasteiger partial charge is 0.277 e. The second kappa shape index (κ2) is 7.00. The zero-order valence-corrected chi connectivity index (χ0v) is 13.6. The van der Waals surface area contributed by atoms with Crippen LogP contribution in [0.2, 0.25) is 0 Å². The van der Waals surface area contributed by atoms with Crippen molar-refractivity contribution in [1.29, 1.82) is 0 Å². The van der Waals surface area contributed by atoms with Gasteiger partial charge in [0, 0.05) is 5.69 Å². The molecular formula is C17H15FN6O. The van der Waals surface area contributed by atoms with Gasteiger partial charge in [-0.2, -0.15) is 0 Å². The summed E-state index contributed by atoms with van der Waals surface area (Å²) in [5.41, 5.74) is 2.19. The number of rotatable bonds is 4. The summed E-state index contributed by atoms with van der Waals surface area (Å²) < 4.78 is 13.3. The first-order valence-corrected chi connectivity index (χ1v) is 7.47. The molecule has 0 unspecified atom stereocenters. The van der Waals surface area contributed by atoms with Crippen LogP contribution in [0.25, 0.3) is 0 Å². The van der Waals surface area contributed by atoms with E-state index in [4.69, 9.17) is 0 Å². The summed E-state index contributed by atoms with van der Waals surface area (Å²) in [6.07, 6.45) is 4.58. The zero-order valence-electron chi connectivity index (χ0n) is 13.6.